The number of pyridine rings is 1. The standard InChI is InChI=1S/C10H11NO/c1-8-5-6-11-10(7-8)4-3-9(2)12/h5-7,9,12H,1-2H3. The summed E-state index contributed by atoms with van der Waals surface area (Å²) in [4.78, 5) is 4.03. The molecule has 1 N–H and O–H groups in total. The summed E-state index contributed by atoms with van der Waals surface area (Å²) in [6.07, 6.45) is 1.12. The second-order valence-electron chi connectivity index (χ2n) is 2.66. The molecule has 0 radical (unpaired) electrons. The van der Waals surface area contributed by atoms with Gasteiger partial charge in [-0.1, -0.05) is 5.92 Å². The highest BCUT2D eigenvalue weighted by Gasteiger charge is 1.89. The molecule has 1 atom stereocenters. The van der Waals surface area contributed by atoms with Crippen molar-refractivity contribution in [3.63, 3.8) is 0 Å². The maximum atomic E-state index is 8.88. The maximum absolute atomic E-state index is 8.88. The Morgan fingerprint density at radius 3 is 2.92 bits per heavy atom. The molecule has 0 saturated carbocycles. The van der Waals surface area contributed by atoms with E-state index in [1.54, 1.807) is 13.1 Å². The molecule has 0 aliphatic heterocycles. The summed E-state index contributed by atoms with van der Waals surface area (Å²) in [5.74, 6) is 5.41. The number of aromatic nitrogens is 1. The zero-order chi connectivity index (χ0) is 8.97. The molecule has 0 saturated heterocycles. The van der Waals surface area contributed by atoms with Gasteiger partial charge in [-0.25, -0.2) is 4.98 Å². The largest absolute Gasteiger partial charge is 0.381 e. The van der Waals surface area contributed by atoms with E-state index in [-0.39, 0.29) is 0 Å². The molecule has 0 bridgehead atoms. The van der Waals surface area contributed by atoms with Gasteiger partial charge in [-0.05, 0) is 37.5 Å². The highest BCUT2D eigenvalue weighted by molar-refractivity contribution is 5.30. The Morgan fingerprint density at radius 1 is 1.58 bits per heavy atom. The molecule has 1 rings (SSSR count). The Bertz CT molecular complexity index is 320. The van der Waals surface area contributed by atoms with Crippen molar-refractivity contribution in [1.82, 2.24) is 4.98 Å². The Hall–Kier alpha value is -1.33. The molecule has 1 aromatic heterocycles. The van der Waals surface area contributed by atoms with E-state index in [0.29, 0.717) is 5.69 Å². The van der Waals surface area contributed by atoms with E-state index in [1.165, 1.54) is 0 Å². The van der Waals surface area contributed by atoms with Crippen LogP contribution in [0.15, 0.2) is 18.3 Å². The van der Waals surface area contributed by atoms with Crippen LogP contribution in [0.4, 0.5) is 0 Å². The predicted molar refractivity (Wildman–Crippen MR) is 47.5 cm³/mol. The van der Waals surface area contributed by atoms with Crippen LogP contribution in [-0.4, -0.2) is 16.2 Å². The summed E-state index contributed by atoms with van der Waals surface area (Å²) in [6, 6.07) is 3.79. The first kappa shape index (κ1) is 8.76. The maximum Gasteiger partial charge on any atom is 0.113 e. The molecule has 0 aromatic carbocycles. The molecule has 12 heavy (non-hydrogen) atoms. The van der Waals surface area contributed by atoms with Gasteiger partial charge in [-0.3, -0.25) is 0 Å². The van der Waals surface area contributed by atoms with Crippen LogP contribution < -0.4 is 0 Å². The minimum atomic E-state index is -0.590. The van der Waals surface area contributed by atoms with Crippen molar-refractivity contribution in [1.29, 1.82) is 0 Å². The van der Waals surface area contributed by atoms with Gasteiger partial charge in [-0.15, -0.1) is 0 Å². The number of aliphatic hydroxyl groups is 1. The Labute approximate surface area is 72.3 Å². The second-order valence-corrected chi connectivity index (χ2v) is 2.66. The number of nitrogens with zero attached hydrogens (tertiary/aromatic N) is 1. The van der Waals surface area contributed by atoms with E-state index in [9.17, 15) is 0 Å². The Kier molecular flexibility index (Phi) is 2.84. The Balaban J connectivity index is 2.85. The van der Waals surface area contributed by atoms with E-state index >= 15 is 0 Å². The number of hydrogen-bond acceptors (Lipinski definition) is 2. The van der Waals surface area contributed by atoms with E-state index in [4.69, 9.17) is 5.11 Å². The van der Waals surface area contributed by atoms with Crippen molar-refractivity contribution in [3.05, 3.63) is 29.6 Å². The number of hydrogen-bond donors (Lipinski definition) is 1. The fraction of sp³-hybridized carbons (Fsp3) is 0.300. The number of rotatable bonds is 0. The van der Waals surface area contributed by atoms with Crippen LogP contribution in [0.1, 0.15) is 18.2 Å². The van der Waals surface area contributed by atoms with Gasteiger partial charge in [0.15, 0.2) is 0 Å². The minimum Gasteiger partial charge on any atom is -0.381 e. The first-order valence-corrected chi connectivity index (χ1v) is 3.81. The average Bonchev–Trinajstić information content (AvgIpc) is 2.01. The minimum absolute atomic E-state index is 0.590. The number of aryl methyl sites for hydroxylation is 1. The molecule has 62 valence electrons. The summed E-state index contributed by atoms with van der Waals surface area (Å²) >= 11 is 0. The first-order chi connectivity index (χ1) is 5.68. The molecule has 1 unspecified atom stereocenters. The van der Waals surface area contributed by atoms with Gasteiger partial charge in [0.1, 0.15) is 11.8 Å². The molecule has 0 spiro atoms. The van der Waals surface area contributed by atoms with Crippen molar-refractivity contribution >= 4 is 0 Å². The summed E-state index contributed by atoms with van der Waals surface area (Å²) in [7, 11) is 0. The fourth-order valence-electron chi connectivity index (χ4n) is 0.783. The molecule has 0 aliphatic rings. The lowest BCUT2D eigenvalue weighted by Gasteiger charge is -1.92. The first-order valence-electron chi connectivity index (χ1n) is 3.81. The molecule has 0 fully saturated rings. The normalized spacial score (nSPS) is 11.6. The molecule has 0 aliphatic carbocycles. The molecule has 1 heterocycles. The van der Waals surface area contributed by atoms with Gasteiger partial charge in [0.05, 0.1) is 0 Å². The van der Waals surface area contributed by atoms with E-state index in [0.717, 1.165) is 5.56 Å². The highest BCUT2D eigenvalue weighted by atomic mass is 16.3. The zero-order valence-electron chi connectivity index (χ0n) is 7.20. The van der Waals surface area contributed by atoms with Gasteiger partial charge in [-0.2, -0.15) is 0 Å². The molecule has 1 aromatic rings. The summed E-state index contributed by atoms with van der Waals surface area (Å²) in [6.45, 7) is 3.61. The van der Waals surface area contributed by atoms with Crippen molar-refractivity contribution in [2.75, 3.05) is 0 Å². The molecular weight excluding hydrogens is 150 g/mol. The van der Waals surface area contributed by atoms with Crippen LogP contribution in [0, 0.1) is 18.8 Å². The predicted octanol–water partition coefficient (Wildman–Crippen LogP) is 1.12. The topological polar surface area (TPSA) is 33.1 Å². The van der Waals surface area contributed by atoms with Crippen LogP contribution in [0.2, 0.25) is 0 Å². The van der Waals surface area contributed by atoms with Gasteiger partial charge < -0.3 is 5.11 Å². The van der Waals surface area contributed by atoms with Gasteiger partial charge in [0.2, 0.25) is 0 Å². The monoisotopic (exact) mass is 161 g/mol. The van der Waals surface area contributed by atoms with Crippen LogP contribution in [0.3, 0.4) is 0 Å². The van der Waals surface area contributed by atoms with Gasteiger partial charge in [0, 0.05) is 6.20 Å². The zero-order valence-corrected chi connectivity index (χ0v) is 7.20. The van der Waals surface area contributed by atoms with Crippen LogP contribution in [-0.2, 0) is 0 Å². The third-order valence-corrected chi connectivity index (χ3v) is 1.32. The van der Waals surface area contributed by atoms with Gasteiger partial charge in [0.25, 0.3) is 0 Å². The average molecular weight is 161 g/mol. The second kappa shape index (κ2) is 3.89. The smallest absolute Gasteiger partial charge is 0.113 e. The van der Waals surface area contributed by atoms with E-state index < -0.39 is 6.10 Å². The lowest BCUT2D eigenvalue weighted by molar-refractivity contribution is 0.253. The molecule has 0 amide bonds. The summed E-state index contributed by atoms with van der Waals surface area (Å²) in [5.41, 5.74) is 1.83. The van der Waals surface area contributed by atoms with E-state index in [1.807, 2.05) is 19.1 Å². The molecule has 2 nitrogen and oxygen atoms in total. The SMILES string of the molecule is Cc1ccnc(C#CC(C)O)c1. The molecular formula is C10H11NO. The van der Waals surface area contributed by atoms with Gasteiger partial charge >= 0.3 is 0 Å². The Morgan fingerprint density at radius 2 is 2.33 bits per heavy atom. The van der Waals surface area contributed by atoms with Crippen molar-refractivity contribution in [3.8, 4) is 11.8 Å². The summed E-state index contributed by atoms with van der Waals surface area (Å²) in [5, 5.41) is 8.88. The number of aliphatic hydroxyl groups excluding tert-OH is 1. The van der Waals surface area contributed by atoms with E-state index in [2.05, 4.69) is 16.8 Å². The third-order valence-electron chi connectivity index (χ3n) is 1.32. The van der Waals surface area contributed by atoms with Crippen LogP contribution >= 0.6 is 0 Å². The molecule has 2 heteroatoms. The summed E-state index contributed by atoms with van der Waals surface area (Å²) < 4.78 is 0. The van der Waals surface area contributed by atoms with Crippen molar-refractivity contribution in [2.45, 2.75) is 20.0 Å². The van der Waals surface area contributed by atoms with Crippen molar-refractivity contribution < 1.29 is 5.11 Å². The third kappa shape index (κ3) is 2.73. The highest BCUT2D eigenvalue weighted by Crippen LogP contribution is 1.97. The van der Waals surface area contributed by atoms with Crippen LogP contribution in [0.5, 0.6) is 0 Å². The lowest BCUT2D eigenvalue weighted by atomic mass is 10.2. The lowest BCUT2D eigenvalue weighted by Crippen LogP contribution is -1.93. The fourth-order valence-corrected chi connectivity index (χ4v) is 0.783. The van der Waals surface area contributed by atoms with Crippen molar-refractivity contribution in [2.24, 2.45) is 0 Å². The van der Waals surface area contributed by atoms with Crippen LogP contribution in [0.25, 0.3) is 0 Å². The quantitative estimate of drug-likeness (QED) is 0.578.